The number of likely N-dealkylation sites (tertiary alicyclic amines) is 1. The van der Waals surface area contributed by atoms with Crippen LogP contribution >= 0.6 is 0 Å². The van der Waals surface area contributed by atoms with Crippen molar-refractivity contribution >= 4 is 0 Å². The summed E-state index contributed by atoms with van der Waals surface area (Å²) in [6.07, 6.45) is 5.10. The molecule has 2 saturated heterocycles. The minimum Gasteiger partial charge on any atom is -0.329 e. The minimum absolute atomic E-state index is 0.262. The summed E-state index contributed by atoms with van der Waals surface area (Å²) in [5, 5.41) is 0. The van der Waals surface area contributed by atoms with E-state index in [1.807, 2.05) is 0 Å². The van der Waals surface area contributed by atoms with E-state index in [1.165, 1.54) is 65.0 Å². The molecular formula is C16H34N4. The summed E-state index contributed by atoms with van der Waals surface area (Å²) in [6.45, 7) is 12.7. The predicted octanol–water partition coefficient (Wildman–Crippen LogP) is 1.22. The Morgan fingerprint density at radius 2 is 1.95 bits per heavy atom. The standard InChI is InChI=1S/C16H34N4/c1-4-8-19-9-5-6-16(14-17,7-10-19)20-12-11-18(3)15(2)13-20/h15H,4-14,17H2,1-3H3. The summed E-state index contributed by atoms with van der Waals surface area (Å²) in [4.78, 5) is 7.82. The Hall–Kier alpha value is -0.160. The lowest BCUT2D eigenvalue weighted by molar-refractivity contribution is 0.00981. The van der Waals surface area contributed by atoms with Gasteiger partial charge in [0, 0.05) is 37.8 Å². The van der Waals surface area contributed by atoms with E-state index in [1.54, 1.807) is 0 Å². The monoisotopic (exact) mass is 282 g/mol. The van der Waals surface area contributed by atoms with Gasteiger partial charge in [0.2, 0.25) is 0 Å². The topological polar surface area (TPSA) is 35.7 Å². The van der Waals surface area contributed by atoms with E-state index in [-0.39, 0.29) is 5.54 Å². The van der Waals surface area contributed by atoms with E-state index in [4.69, 9.17) is 5.73 Å². The third-order valence-corrected chi connectivity index (χ3v) is 5.56. The average Bonchev–Trinajstić information content (AvgIpc) is 2.66. The molecule has 0 aromatic carbocycles. The van der Waals surface area contributed by atoms with Crippen LogP contribution in [-0.4, -0.2) is 79.1 Å². The fourth-order valence-electron chi connectivity index (χ4n) is 3.90. The van der Waals surface area contributed by atoms with Crippen molar-refractivity contribution in [2.45, 2.75) is 51.1 Å². The van der Waals surface area contributed by atoms with E-state index in [0.29, 0.717) is 6.04 Å². The molecule has 118 valence electrons. The SMILES string of the molecule is CCCN1CCCC(CN)(N2CCN(C)C(C)C2)CC1. The van der Waals surface area contributed by atoms with Crippen molar-refractivity contribution in [3.8, 4) is 0 Å². The van der Waals surface area contributed by atoms with Gasteiger partial charge in [-0.2, -0.15) is 0 Å². The zero-order valence-corrected chi connectivity index (χ0v) is 13.8. The van der Waals surface area contributed by atoms with Crippen molar-refractivity contribution in [2.75, 3.05) is 52.9 Å². The molecule has 0 aromatic rings. The van der Waals surface area contributed by atoms with Crippen molar-refractivity contribution in [1.29, 1.82) is 0 Å². The molecule has 2 aliphatic rings. The van der Waals surface area contributed by atoms with E-state index < -0.39 is 0 Å². The molecule has 4 nitrogen and oxygen atoms in total. The number of hydrogen-bond acceptors (Lipinski definition) is 4. The number of likely N-dealkylation sites (N-methyl/N-ethyl adjacent to an activating group) is 1. The highest BCUT2D eigenvalue weighted by Gasteiger charge is 2.39. The summed E-state index contributed by atoms with van der Waals surface area (Å²) >= 11 is 0. The lowest BCUT2D eigenvalue weighted by atomic mass is 9.87. The first-order valence-electron chi connectivity index (χ1n) is 8.49. The van der Waals surface area contributed by atoms with Crippen LogP contribution in [0.3, 0.4) is 0 Å². The Morgan fingerprint density at radius 3 is 2.60 bits per heavy atom. The van der Waals surface area contributed by atoms with E-state index in [0.717, 1.165) is 6.54 Å². The maximum atomic E-state index is 6.26. The summed E-state index contributed by atoms with van der Waals surface area (Å²) in [5.74, 6) is 0. The highest BCUT2D eigenvalue weighted by atomic mass is 15.3. The second-order valence-corrected chi connectivity index (χ2v) is 6.90. The van der Waals surface area contributed by atoms with Crippen molar-refractivity contribution in [3.63, 3.8) is 0 Å². The first kappa shape index (κ1) is 16.2. The largest absolute Gasteiger partial charge is 0.329 e. The molecule has 2 heterocycles. The van der Waals surface area contributed by atoms with Crippen LogP contribution in [0.4, 0.5) is 0 Å². The van der Waals surface area contributed by atoms with Gasteiger partial charge in [0.25, 0.3) is 0 Å². The Morgan fingerprint density at radius 1 is 1.15 bits per heavy atom. The molecule has 0 radical (unpaired) electrons. The molecule has 4 heteroatoms. The summed E-state index contributed by atoms with van der Waals surface area (Å²) in [5.41, 5.74) is 6.53. The van der Waals surface area contributed by atoms with Crippen molar-refractivity contribution in [1.82, 2.24) is 14.7 Å². The predicted molar refractivity (Wildman–Crippen MR) is 86.0 cm³/mol. The van der Waals surface area contributed by atoms with Gasteiger partial charge in [0.05, 0.1) is 0 Å². The van der Waals surface area contributed by atoms with Crippen LogP contribution < -0.4 is 5.73 Å². The molecule has 2 rings (SSSR count). The van der Waals surface area contributed by atoms with E-state index >= 15 is 0 Å². The van der Waals surface area contributed by atoms with Gasteiger partial charge in [-0.25, -0.2) is 0 Å². The quantitative estimate of drug-likeness (QED) is 0.841. The highest BCUT2D eigenvalue weighted by Crippen LogP contribution is 2.30. The number of hydrogen-bond donors (Lipinski definition) is 1. The van der Waals surface area contributed by atoms with Gasteiger partial charge in [0.1, 0.15) is 0 Å². The number of piperazine rings is 1. The van der Waals surface area contributed by atoms with Gasteiger partial charge in [0.15, 0.2) is 0 Å². The third kappa shape index (κ3) is 3.53. The average molecular weight is 282 g/mol. The summed E-state index contributed by atoms with van der Waals surface area (Å²) in [7, 11) is 2.24. The Labute approximate surface area is 125 Å². The molecule has 0 aromatic heterocycles. The second-order valence-electron chi connectivity index (χ2n) is 6.90. The molecule has 20 heavy (non-hydrogen) atoms. The molecule has 0 aliphatic carbocycles. The fourth-order valence-corrected chi connectivity index (χ4v) is 3.90. The van der Waals surface area contributed by atoms with Gasteiger partial charge in [-0.3, -0.25) is 4.90 Å². The molecule has 2 N–H and O–H groups in total. The second kappa shape index (κ2) is 7.21. The van der Waals surface area contributed by atoms with E-state index in [2.05, 4.69) is 35.6 Å². The van der Waals surface area contributed by atoms with Crippen molar-refractivity contribution in [3.05, 3.63) is 0 Å². The van der Waals surface area contributed by atoms with Crippen LogP contribution in [0, 0.1) is 0 Å². The zero-order valence-electron chi connectivity index (χ0n) is 13.8. The number of nitrogens with zero attached hydrogens (tertiary/aromatic N) is 3. The van der Waals surface area contributed by atoms with Crippen LogP contribution in [0.2, 0.25) is 0 Å². The van der Waals surface area contributed by atoms with Gasteiger partial charge in [-0.15, -0.1) is 0 Å². The Kier molecular flexibility index (Phi) is 5.84. The maximum Gasteiger partial charge on any atom is 0.0345 e. The molecular weight excluding hydrogens is 248 g/mol. The van der Waals surface area contributed by atoms with Crippen LogP contribution in [0.25, 0.3) is 0 Å². The van der Waals surface area contributed by atoms with Gasteiger partial charge in [-0.05, 0) is 59.3 Å². The maximum absolute atomic E-state index is 6.26. The normalized spacial score (nSPS) is 35.1. The van der Waals surface area contributed by atoms with Crippen LogP contribution in [0.15, 0.2) is 0 Å². The molecule has 0 amide bonds. The first-order valence-corrected chi connectivity index (χ1v) is 8.49. The molecule has 0 spiro atoms. The Balaban J connectivity index is 2.01. The Bertz CT molecular complexity index is 296. The molecule has 2 fully saturated rings. The zero-order chi connectivity index (χ0) is 14.6. The molecule has 2 atom stereocenters. The molecule has 0 saturated carbocycles. The molecule has 2 unspecified atom stereocenters. The number of rotatable bonds is 4. The smallest absolute Gasteiger partial charge is 0.0345 e. The lowest BCUT2D eigenvalue weighted by Crippen LogP contribution is -2.62. The molecule has 2 aliphatic heterocycles. The third-order valence-electron chi connectivity index (χ3n) is 5.56. The van der Waals surface area contributed by atoms with Crippen molar-refractivity contribution in [2.24, 2.45) is 5.73 Å². The lowest BCUT2D eigenvalue weighted by Gasteiger charge is -2.49. The highest BCUT2D eigenvalue weighted by molar-refractivity contribution is 4.97. The van der Waals surface area contributed by atoms with Gasteiger partial charge < -0.3 is 15.5 Å². The van der Waals surface area contributed by atoms with Gasteiger partial charge >= 0.3 is 0 Å². The summed E-state index contributed by atoms with van der Waals surface area (Å²) < 4.78 is 0. The first-order chi connectivity index (χ1) is 9.61. The summed E-state index contributed by atoms with van der Waals surface area (Å²) in [6, 6.07) is 0.655. The fraction of sp³-hybridized carbons (Fsp3) is 1.00. The van der Waals surface area contributed by atoms with Crippen LogP contribution in [-0.2, 0) is 0 Å². The molecule has 0 bridgehead atoms. The van der Waals surface area contributed by atoms with Crippen molar-refractivity contribution < 1.29 is 0 Å². The van der Waals surface area contributed by atoms with E-state index in [9.17, 15) is 0 Å². The minimum atomic E-state index is 0.262. The van der Waals surface area contributed by atoms with Gasteiger partial charge in [-0.1, -0.05) is 6.92 Å². The van der Waals surface area contributed by atoms with Crippen LogP contribution in [0.1, 0.15) is 39.5 Å². The van der Waals surface area contributed by atoms with Crippen LogP contribution in [0.5, 0.6) is 0 Å². The number of nitrogens with two attached hydrogens (primary N) is 1.